The van der Waals surface area contributed by atoms with Gasteiger partial charge in [0.2, 0.25) is 5.91 Å². The van der Waals surface area contributed by atoms with Gasteiger partial charge in [0, 0.05) is 13.6 Å². The van der Waals surface area contributed by atoms with Crippen LogP contribution in [0.2, 0.25) is 0 Å². The van der Waals surface area contributed by atoms with E-state index in [1.807, 2.05) is 0 Å². The van der Waals surface area contributed by atoms with Crippen molar-refractivity contribution in [3.8, 4) is 0 Å². The van der Waals surface area contributed by atoms with Crippen LogP contribution in [0.5, 0.6) is 0 Å². The van der Waals surface area contributed by atoms with Crippen molar-refractivity contribution in [2.45, 2.75) is 46.7 Å². The first-order valence-electron chi connectivity index (χ1n) is 6.24. The third kappa shape index (κ3) is 3.33. The van der Waals surface area contributed by atoms with E-state index in [4.69, 9.17) is 5.73 Å². The average molecular weight is 248 g/mol. The highest BCUT2D eigenvalue weighted by Crippen LogP contribution is 2.17. The predicted molar refractivity (Wildman–Crippen MR) is 75.4 cm³/mol. The van der Waals surface area contributed by atoms with E-state index in [0.29, 0.717) is 6.54 Å². The van der Waals surface area contributed by atoms with E-state index in [0.717, 1.165) is 0 Å². The van der Waals surface area contributed by atoms with E-state index in [9.17, 15) is 4.79 Å². The highest BCUT2D eigenvalue weighted by Gasteiger charge is 2.25. The van der Waals surface area contributed by atoms with E-state index in [-0.39, 0.29) is 5.91 Å². The molecule has 0 atom stereocenters. The second-order valence-electron chi connectivity index (χ2n) is 5.75. The number of aryl methyl sites for hydroxylation is 3. The maximum Gasteiger partial charge on any atom is 0.242 e. The number of amides is 1. The molecule has 0 aromatic heterocycles. The van der Waals surface area contributed by atoms with Gasteiger partial charge in [-0.1, -0.05) is 12.1 Å². The zero-order valence-corrected chi connectivity index (χ0v) is 12.3. The lowest BCUT2D eigenvalue weighted by Gasteiger charge is -2.26. The largest absolute Gasteiger partial charge is 0.340 e. The van der Waals surface area contributed by atoms with Crippen LogP contribution in [0, 0.1) is 20.8 Å². The van der Waals surface area contributed by atoms with Gasteiger partial charge in [0.1, 0.15) is 0 Å². The smallest absolute Gasteiger partial charge is 0.242 e. The molecule has 0 aliphatic rings. The molecule has 1 aromatic rings. The Balaban J connectivity index is 2.92. The molecule has 0 aliphatic carbocycles. The second kappa shape index (κ2) is 5.11. The zero-order valence-electron chi connectivity index (χ0n) is 12.3. The van der Waals surface area contributed by atoms with Crippen molar-refractivity contribution >= 4 is 5.91 Å². The number of rotatable bonds is 3. The summed E-state index contributed by atoms with van der Waals surface area (Å²) in [6, 6.07) is 4.31. The van der Waals surface area contributed by atoms with E-state index < -0.39 is 5.54 Å². The van der Waals surface area contributed by atoms with E-state index in [1.165, 1.54) is 22.3 Å². The lowest BCUT2D eigenvalue weighted by molar-refractivity contribution is -0.135. The van der Waals surface area contributed by atoms with Gasteiger partial charge < -0.3 is 10.6 Å². The summed E-state index contributed by atoms with van der Waals surface area (Å²) in [6.07, 6.45) is 0. The normalized spacial score (nSPS) is 11.5. The van der Waals surface area contributed by atoms with Crippen molar-refractivity contribution in [3.63, 3.8) is 0 Å². The van der Waals surface area contributed by atoms with Crippen molar-refractivity contribution in [2.75, 3.05) is 7.05 Å². The Hall–Kier alpha value is -1.35. The van der Waals surface area contributed by atoms with Gasteiger partial charge in [-0.3, -0.25) is 4.79 Å². The lowest BCUT2D eigenvalue weighted by atomic mass is 9.99. The molecule has 2 N–H and O–H groups in total. The van der Waals surface area contributed by atoms with Crippen LogP contribution in [0.3, 0.4) is 0 Å². The topological polar surface area (TPSA) is 46.3 Å². The molecule has 0 unspecified atom stereocenters. The van der Waals surface area contributed by atoms with Crippen molar-refractivity contribution in [3.05, 3.63) is 34.4 Å². The molecule has 0 fully saturated rings. The van der Waals surface area contributed by atoms with Crippen molar-refractivity contribution < 1.29 is 4.79 Å². The van der Waals surface area contributed by atoms with Crippen LogP contribution >= 0.6 is 0 Å². The maximum absolute atomic E-state index is 12.0. The van der Waals surface area contributed by atoms with Gasteiger partial charge in [0.05, 0.1) is 5.54 Å². The molecule has 0 bridgehead atoms. The van der Waals surface area contributed by atoms with Gasteiger partial charge in [-0.05, 0) is 56.9 Å². The molecule has 1 aromatic carbocycles. The van der Waals surface area contributed by atoms with Crippen molar-refractivity contribution in [1.82, 2.24) is 4.90 Å². The molecule has 0 saturated heterocycles. The summed E-state index contributed by atoms with van der Waals surface area (Å²) in [6.45, 7) is 10.3. The Kier molecular flexibility index (Phi) is 4.17. The fraction of sp³-hybridized carbons (Fsp3) is 0.533. The van der Waals surface area contributed by atoms with Crippen LogP contribution < -0.4 is 5.73 Å². The molecule has 1 rings (SSSR count). The number of nitrogens with two attached hydrogens (primary N) is 1. The first-order valence-corrected chi connectivity index (χ1v) is 6.24. The number of benzene rings is 1. The number of carbonyl (C=O) groups is 1. The predicted octanol–water partition coefficient (Wildman–Crippen LogP) is 2.31. The highest BCUT2D eigenvalue weighted by atomic mass is 16.2. The third-order valence-electron chi connectivity index (χ3n) is 3.26. The number of hydrogen-bond acceptors (Lipinski definition) is 2. The van der Waals surface area contributed by atoms with Gasteiger partial charge in [-0.2, -0.15) is 0 Å². The third-order valence-corrected chi connectivity index (χ3v) is 3.26. The van der Waals surface area contributed by atoms with Gasteiger partial charge >= 0.3 is 0 Å². The number of carbonyl (C=O) groups excluding carboxylic acids is 1. The first-order chi connectivity index (χ1) is 8.12. The quantitative estimate of drug-likeness (QED) is 0.892. The summed E-state index contributed by atoms with van der Waals surface area (Å²) < 4.78 is 0. The fourth-order valence-electron chi connectivity index (χ4n) is 2.01. The minimum absolute atomic E-state index is 0.0415. The molecule has 0 spiro atoms. The monoisotopic (exact) mass is 248 g/mol. The lowest BCUT2D eigenvalue weighted by Crippen LogP contribution is -2.49. The summed E-state index contributed by atoms with van der Waals surface area (Å²) in [4.78, 5) is 13.7. The van der Waals surface area contributed by atoms with E-state index >= 15 is 0 Å². The van der Waals surface area contributed by atoms with E-state index in [1.54, 1.807) is 25.8 Å². The minimum atomic E-state index is -0.817. The maximum atomic E-state index is 12.0. The summed E-state index contributed by atoms with van der Waals surface area (Å²) in [5, 5.41) is 0. The van der Waals surface area contributed by atoms with Gasteiger partial charge in [-0.15, -0.1) is 0 Å². The molecule has 3 nitrogen and oxygen atoms in total. The van der Waals surface area contributed by atoms with Crippen LogP contribution in [-0.4, -0.2) is 23.4 Å². The molecule has 0 radical (unpaired) electrons. The summed E-state index contributed by atoms with van der Waals surface area (Å²) in [5.74, 6) is -0.0415. The molecular weight excluding hydrogens is 224 g/mol. The number of likely N-dealkylation sites (N-methyl/N-ethyl adjacent to an activating group) is 1. The van der Waals surface area contributed by atoms with Crippen LogP contribution in [0.15, 0.2) is 12.1 Å². The molecular formula is C15H24N2O. The molecule has 0 aliphatic heterocycles. The van der Waals surface area contributed by atoms with Crippen LogP contribution in [0.25, 0.3) is 0 Å². The Morgan fingerprint density at radius 1 is 1.17 bits per heavy atom. The Morgan fingerprint density at radius 3 is 2.17 bits per heavy atom. The van der Waals surface area contributed by atoms with Crippen LogP contribution in [0.4, 0.5) is 0 Å². The van der Waals surface area contributed by atoms with E-state index in [2.05, 4.69) is 32.9 Å². The average Bonchev–Trinajstić information content (AvgIpc) is 2.23. The molecule has 100 valence electrons. The fourth-order valence-corrected chi connectivity index (χ4v) is 2.01. The summed E-state index contributed by atoms with van der Waals surface area (Å²) in [5.41, 5.74) is 9.95. The number of hydrogen-bond donors (Lipinski definition) is 1. The molecule has 0 saturated carbocycles. The molecule has 18 heavy (non-hydrogen) atoms. The van der Waals surface area contributed by atoms with Gasteiger partial charge in [-0.25, -0.2) is 0 Å². The molecule has 1 amide bonds. The molecule has 0 heterocycles. The summed E-state index contributed by atoms with van der Waals surface area (Å²) in [7, 11) is 1.80. The summed E-state index contributed by atoms with van der Waals surface area (Å²) >= 11 is 0. The van der Waals surface area contributed by atoms with Crippen LogP contribution in [0.1, 0.15) is 36.1 Å². The standard InChI is InChI=1S/C15H24N2O/c1-10-7-12(3)13(8-11(10)2)9-17(6)14(18)15(4,5)16/h7-8H,9,16H2,1-6H3. The van der Waals surface area contributed by atoms with Crippen molar-refractivity contribution in [1.29, 1.82) is 0 Å². The Morgan fingerprint density at radius 2 is 1.67 bits per heavy atom. The zero-order chi connectivity index (χ0) is 14.1. The number of nitrogens with zero attached hydrogens (tertiary/aromatic N) is 1. The highest BCUT2D eigenvalue weighted by molar-refractivity contribution is 5.84. The minimum Gasteiger partial charge on any atom is -0.340 e. The second-order valence-corrected chi connectivity index (χ2v) is 5.75. The van der Waals surface area contributed by atoms with Crippen molar-refractivity contribution in [2.24, 2.45) is 5.73 Å². The SMILES string of the molecule is Cc1cc(C)c(CN(C)C(=O)C(C)(C)N)cc1C. The Bertz CT molecular complexity index is 458. The van der Waals surface area contributed by atoms with Gasteiger partial charge in [0.25, 0.3) is 0 Å². The Labute approximate surface area is 110 Å². The van der Waals surface area contributed by atoms with Crippen LogP contribution in [-0.2, 0) is 11.3 Å². The molecule has 3 heteroatoms. The van der Waals surface area contributed by atoms with Gasteiger partial charge in [0.15, 0.2) is 0 Å². The first kappa shape index (κ1) is 14.7.